The lowest BCUT2D eigenvalue weighted by Crippen LogP contribution is -2.15. The zero-order chi connectivity index (χ0) is 19.1. The number of nitrogens with two attached hydrogens (primary N) is 1. The second kappa shape index (κ2) is 6.12. The highest BCUT2D eigenvalue weighted by Gasteiger charge is 2.22. The number of aromatic nitrogens is 6. The van der Waals surface area contributed by atoms with Crippen molar-refractivity contribution in [3.63, 3.8) is 0 Å². The topological polar surface area (TPSA) is 116 Å². The number of rotatable bonds is 3. The van der Waals surface area contributed by atoms with E-state index in [2.05, 4.69) is 25.4 Å². The van der Waals surface area contributed by atoms with Gasteiger partial charge in [0.1, 0.15) is 5.56 Å². The monoisotopic (exact) mass is 371 g/mol. The van der Waals surface area contributed by atoms with E-state index >= 15 is 0 Å². The fourth-order valence-electron chi connectivity index (χ4n) is 2.72. The normalized spacial score (nSPS) is 11.1. The standard InChI is InChI=1S/C16H12F2N8O/c1-25-7-21-5-11(25)12-9(18)3-20-4-10(12)23-16(27)13-14(19)24-26-6-8(17)2-22-15(13)26/h2-7H,1H3,(H2,19,24)(H,23,27)/i16+1. The van der Waals surface area contributed by atoms with Crippen molar-refractivity contribution in [2.24, 2.45) is 7.05 Å². The molecule has 0 saturated heterocycles. The van der Waals surface area contributed by atoms with Gasteiger partial charge in [-0.2, -0.15) is 0 Å². The number of imidazole rings is 1. The van der Waals surface area contributed by atoms with Crippen LogP contribution in [0.2, 0.25) is 0 Å². The van der Waals surface area contributed by atoms with Crippen molar-refractivity contribution >= 4 is 23.1 Å². The van der Waals surface area contributed by atoms with Gasteiger partial charge in [0.15, 0.2) is 23.1 Å². The summed E-state index contributed by atoms with van der Waals surface area (Å²) < 4.78 is 30.4. The molecule has 0 radical (unpaired) electrons. The first-order valence-electron chi connectivity index (χ1n) is 7.66. The van der Waals surface area contributed by atoms with Crippen molar-refractivity contribution in [2.45, 2.75) is 0 Å². The third kappa shape index (κ3) is 2.74. The van der Waals surface area contributed by atoms with Gasteiger partial charge in [-0.3, -0.25) is 9.78 Å². The van der Waals surface area contributed by atoms with Crippen LogP contribution in [0.4, 0.5) is 20.3 Å². The minimum absolute atomic E-state index is 0.0600. The van der Waals surface area contributed by atoms with E-state index in [0.717, 1.165) is 23.1 Å². The Labute approximate surface area is 150 Å². The van der Waals surface area contributed by atoms with E-state index in [9.17, 15) is 13.6 Å². The maximum Gasteiger partial charge on any atom is 0.263 e. The predicted molar refractivity (Wildman–Crippen MR) is 91.7 cm³/mol. The van der Waals surface area contributed by atoms with Crippen LogP contribution in [0, 0.1) is 11.6 Å². The van der Waals surface area contributed by atoms with Gasteiger partial charge in [-0.15, -0.1) is 5.10 Å². The predicted octanol–water partition coefficient (Wildman–Crippen LogP) is 1.64. The number of carbonyl (C=O) groups excluding carboxylic acids is 1. The summed E-state index contributed by atoms with van der Waals surface area (Å²) in [5.41, 5.74) is 6.47. The second-order valence-electron chi connectivity index (χ2n) is 5.69. The van der Waals surface area contributed by atoms with Crippen LogP contribution in [0.1, 0.15) is 10.4 Å². The summed E-state index contributed by atoms with van der Waals surface area (Å²) in [5.74, 6) is -2.09. The SMILES string of the molecule is Cn1cncc1-c1c(F)cncc1N[13C](=O)c1c(N)nn2cc(F)cnc12. The number of nitrogens with one attached hydrogen (secondary N) is 1. The van der Waals surface area contributed by atoms with Crippen molar-refractivity contribution in [2.75, 3.05) is 11.1 Å². The van der Waals surface area contributed by atoms with E-state index in [1.54, 1.807) is 11.6 Å². The summed E-state index contributed by atoms with van der Waals surface area (Å²) in [4.78, 5) is 24.3. The maximum absolute atomic E-state index is 14.4. The average molecular weight is 371 g/mol. The largest absolute Gasteiger partial charge is 0.381 e. The molecule has 3 N–H and O–H groups in total. The first kappa shape index (κ1) is 16.6. The fraction of sp³-hybridized carbons (Fsp3) is 0.0625. The number of aryl methyl sites for hydroxylation is 1. The summed E-state index contributed by atoms with van der Waals surface area (Å²) in [6.07, 6.45) is 7.28. The Morgan fingerprint density at radius 2 is 2.00 bits per heavy atom. The van der Waals surface area contributed by atoms with Gasteiger partial charge >= 0.3 is 0 Å². The molecule has 0 saturated carbocycles. The van der Waals surface area contributed by atoms with Gasteiger partial charge in [0.2, 0.25) is 0 Å². The van der Waals surface area contributed by atoms with Crippen LogP contribution < -0.4 is 11.1 Å². The molecule has 0 spiro atoms. The molecule has 11 heteroatoms. The van der Waals surface area contributed by atoms with Gasteiger partial charge in [-0.05, 0) is 0 Å². The number of amides is 1. The Morgan fingerprint density at radius 3 is 2.74 bits per heavy atom. The molecular formula is C16H12F2N8O. The van der Waals surface area contributed by atoms with Crippen molar-refractivity contribution < 1.29 is 13.6 Å². The van der Waals surface area contributed by atoms with Crippen LogP contribution in [0.15, 0.2) is 37.3 Å². The van der Waals surface area contributed by atoms with Crippen LogP contribution >= 0.6 is 0 Å². The molecular weight excluding hydrogens is 359 g/mol. The summed E-state index contributed by atoms with van der Waals surface area (Å²) in [7, 11) is 1.69. The first-order valence-corrected chi connectivity index (χ1v) is 7.66. The molecule has 4 rings (SSSR count). The molecule has 4 aromatic rings. The number of nitrogens with zero attached hydrogens (tertiary/aromatic N) is 6. The number of hydrogen-bond donors (Lipinski definition) is 2. The van der Waals surface area contributed by atoms with Gasteiger partial charge in [0.05, 0.1) is 54.3 Å². The molecule has 1 amide bonds. The molecule has 0 aliphatic heterocycles. The molecule has 4 aromatic heterocycles. The minimum Gasteiger partial charge on any atom is -0.381 e. The molecule has 0 bridgehead atoms. The number of hydrogen-bond acceptors (Lipinski definition) is 6. The molecule has 0 atom stereocenters. The molecule has 0 aromatic carbocycles. The Balaban J connectivity index is 1.78. The van der Waals surface area contributed by atoms with E-state index in [1.807, 2.05) is 0 Å². The summed E-state index contributed by atoms with van der Waals surface area (Å²) >= 11 is 0. The van der Waals surface area contributed by atoms with E-state index in [0.29, 0.717) is 5.69 Å². The van der Waals surface area contributed by atoms with Crippen molar-refractivity contribution in [3.8, 4) is 11.3 Å². The van der Waals surface area contributed by atoms with Crippen LogP contribution in [0.5, 0.6) is 0 Å². The third-order valence-corrected chi connectivity index (χ3v) is 3.92. The third-order valence-electron chi connectivity index (χ3n) is 3.92. The number of nitrogen functional groups attached to an aromatic ring is 1. The molecule has 4 heterocycles. The smallest absolute Gasteiger partial charge is 0.263 e. The molecule has 0 unspecified atom stereocenters. The number of fused-ring (bicyclic) bond motifs is 1. The Hall–Kier alpha value is -3.89. The van der Waals surface area contributed by atoms with Gasteiger partial charge in [-0.25, -0.2) is 23.3 Å². The molecule has 0 aliphatic rings. The lowest BCUT2D eigenvalue weighted by Gasteiger charge is -2.11. The highest BCUT2D eigenvalue weighted by Crippen LogP contribution is 2.30. The number of anilines is 2. The molecule has 27 heavy (non-hydrogen) atoms. The maximum atomic E-state index is 14.4. The highest BCUT2D eigenvalue weighted by atomic mass is 19.1. The van der Waals surface area contributed by atoms with Gasteiger partial charge < -0.3 is 15.6 Å². The van der Waals surface area contributed by atoms with Gasteiger partial charge in [0, 0.05) is 7.05 Å². The van der Waals surface area contributed by atoms with Crippen LogP contribution in [-0.2, 0) is 7.05 Å². The number of carbonyl (C=O) groups is 1. The van der Waals surface area contributed by atoms with Crippen molar-refractivity contribution in [1.29, 1.82) is 0 Å². The van der Waals surface area contributed by atoms with Crippen LogP contribution in [0.25, 0.3) is 16.9 Å². The Bertz CT molecular complexity index is 1180. The van der Waals surface area contributed by atoms with Crippen LogP contribution in [0.3, 0.4) is 0 Å². The Kier molecular flexibility index (Phi) is 3.76. The lowest BCUT2D eigenvalue weighted by atomic mass is 10.1. The minimum atomic E-state index is -0.683. The molecule has 9 nitrogen and oxygen atoms in total. The number of halogens is 2. The molecule has 0 fully saturated rings. The van der Waals surface area contributed by atoms with Crippen molar-refractivity contribution in [3.05, 3.63) is 54.5 Å². The van der Waals surface area contributed by atoms with Gasteiger partial charge in [-0.1, -0.05) is 0 Å². The average Bonchev–Trinajstić information content (AvgIpc) is 3.17. The first-order chi connectivity index (χ1) is 13.0. The van der Waals surface area contributed by atoms with E-state index in [4.69, 9.17) is 5.73 Å². The zero-order valence-electron chi connectivity index (χ0n) is 13.9. The van der Waals surface area contributed by atoms with Crippen LogP contribution in [-0.4, -0.2) is 35.0 Å². The summed E-state index contributed by atoms with van der Waals surface area (Å²) in [5, 5.41) is 6.44. The fourth-order valence-corrected chi connectivity index (χ4v) is 2.72. The number of pyridine rings is 1. The second-order valence-corrected chi connectivity index (χ2v) is 5.69. The lowest BCUT2D eigenvalue weighted by molar-refractivity contribution is 0.102. The van der Waals surface area contributed by atoms with E-state index < -0.39 is 17.5 Å². The summed E-state index contributed by atoms with van der Waals surface area (Å²) in [6.45, 7) is 0. The molecule has 0 aliphatic carbocycles. The quantitative estimate of drug-likeness (QED) is 0.529. The molecule has 136 valence electrons. The van der Waals surface area contributed by atoms with E-state index in [-0.39, 0.29) is 28.3 Å². The van der Waals surface area contributed by atoms with Gasteiger partial charge in [0.25, 0.3) is 5.91 Å². The summed E-state index contributed by atoms with van der Waals surface area (Å²) in [6, 6.07) is 0. The highest BCUT2D eigenvalue weighted by molar-refractivity contribution is 6.12. The van der Waals surface area contributed by atoms with E-state index in [1.165, 1.54) is 18.7 Å². The Morgan fingerprint density at radius 1 is 1.19 bits per heavy atom. The van der Waals surface area contributed by atoms with Crippen molar-refractivity contribution in [1.82, 2.24) is 29.1 Å². The zero-order valence-corrected chi connectivity index (χ0v) is 13.9.